The van der Waals surface area contributed by atoms with Gasteiger partial charge in [0.05, 0.1) is 0 Å². The maximum atomic E-state index is 12.0. The molecule has 0 unspecified atom stereocenters. The van der Waals surface area contributed by atoms with Gasteiger partial charge in [0.25, 0.3) is 0 Å². The monoisotopic (exact) mass is 342 g/mol. The van der Waals surface area contributed by atoms with Crippen LogP contribution in [0.1, 0.15) is 47.5 Å². The second-order valence-corrected chi connectivity index (χ2v) is 6.73. The van der Waals surface area contributed by atoms with E-state index in [1.807, 2.05) is 40.7 Å². The maximum absolute atomic E-state index is 12.0. The first-order valence-electron chi connectivity index (χ1n) is 7.93. The first kappa shape index (κ1) is 19.6. The van der Waals surface area contributed by atoms with Crippen LogP contribution in [0.2, 0.25) is 0 Å². The normalized spacial score (nSPS) is 18.4. The number of hydrogen-bond donors (Lipinski definition) is 0. The van der Waals surface area contributed by atoms with Crippen molar-refractivity contribution in [1.82, 2.24) is 4.90 Å². The highest BCUT2D eigenvalue weighted by Gasteiger charge is 2.27. The van der Waals surface area contributed by atoms with Crippen LogP contribution in [0, 0.1) is 0 Å². The zero-order valence-electron chi connectivity index (χ0n) is 14.6. The molecule has 1 heterocycles. The molecule has 1 aliphatic rings. The SMILES string of the molecule is C\C=C/C(=N\C(Cl)=C/C)OC1CCN(C(=O)OC(C)(C)C)CC1. The number of carbonyl (C=O) groups excluding carboxylic acids is 1. The van der Waals surface area contributed by atoms with Crippen molar-refractivity contribution in [2.24, 2.45) is 4.99 Å². The van der Waals surface area contributed by atoms with E-state index in [2.05, 4.69) is 4.99 Å². The van der Waals surface area contributed by atoms with E-state index in [0.29, 0.717) is 24.1 Å². The standard InChI is InChI=1S/C17H27ClN2O3/c1-6-8-15(19-14(18)7-2)22-13-9-11-20(12-10-13)16(21)23-17(3,4)5/h6-8,13H,9-12H2,1-5H3/b8-6-,14-7-,19-15+. The number of aliphatic imine (C=N–C) groups is 1. The van der Waals surface area contributed by atoms with Gasteiger partial charge in [0.2, 0.25) is 5.90 Å². The Balaban J connectivity index is 2.55. The number of carbonyl (C=O) groups is 1. The molecule has 0 radical (unpaired) electrons. The summed E-state index contributed by atoms with van der Waals surface area (Å²) in [5, 5.41) is 0.393. The van der Waals surface area contributed by atoms with E-state index in [0.717, 1.165) is 12.8 Å². The summed E-state index contributed by atoms with van der Waals surface area (Å²) in [5.41, 5.74) is -0.473. The van der Waals surface area contributed by atoms with Crippen LogP contribution in [0.25, 0.3) is 0 Å². The molecule has 130 valence electrons. The number of amides is 1. The number of piperidine rings is 1. The molecule has 0 aromatic carbocycles. The molecule has 0 bridgehead atoms. The Morgan fingerprint density at radius 2 is 1.87 bits per heavy atom. The quantitative estimate of drug-likeness (QED) is 0.431. The molecule has 0 aromatic heterocycles. The molecule has 1 fully saturated rings. The van der Waals surface area contributed by atoms with Crippen LogP contribution < -0.4 is 0 Å². The molecule has 1 rings (SSSR count). The molecule has 0 saturated carbocycles. The largest absolute Gasteiger partial charge is 0.474 e. The Bertz CT molecular complexity index is 485. The fraction of sp³-hybridized carbons (Fsp3) is 0.647. The molecule has 0 spiro atoms. The Morgan fingerprint density at radius 3 is 2.35 bits per heavy atom. The van der Waals surface area contributed by atoms with Gasteiger partial charge in [0, 0.05) is 25.9 Å². The molecule has 0 atom stereocenters. The van der Waals surface area contributed by atoms with Crippen molar-refractivity contribution in [3.63, 3.8) is 0 Å². The van der Waals surface area contributed by atoms with Crippen LogP contribution in [0.15, 0.2) is 28.4 Å². The Morgan fingerprint density at radius 1 is 1.26 bits per heavy atom. The third kappa shape index (κ3) is 7.55. The highest BCUT2D eigenvalue weighted by Crippen LogP contribution is 2.18. The van der Waals surface area contributed by atoms with Gasteiger partial charge in [0.1, 0.15) is 16.9 Å². The van der Waals surface area contributed by atoms with Crippen molar-refractivity contribution in [1.29, 1.82) is 0 Å². The van der Waals surface area contributed by atoms with E-state index in [-0.39, 0.29) is 12.2 Å². The van der Waals surface area contributed by atoms with Gasteiger partial charge in [-0.25, -0.2) is 9.79 Å². The summed E-state index contributed by atoms with van der Waals surface area (Å²) in [5.74, 6) is 0.492. The van der Waals surface area contributed by atoms with Crippen LogP contribution in [0.4, 0.5) is 4.79 Å². The van der Waals surface area contributed by atoms with E-state index < -0.39 is 5.60 Å². The minimum Gasteiger partial charge on any atom is -0.474 e. The topological polar surface area (TPSA) is 51.1 Å². The summed E-state index contributed by atoms with van der Waals surface area (Å²) < 4.78 is 11.3. The fourth-order valence-electron chi connectivity index (χ4n) is 2.07. The maximum Gasteiger partial charge on any atom is 0.410 e. The van der Waals surface area contributed by atoms with Gasteiger partial charge in [0.15, 0.2) is 0 Å². The van der Waals surface area contributed by atoms with Gasteiger partial charge >= 0.3 is 6.09 Å². The number of ether oxygens (including phenoxy) is 2. The second-order valence-electron chi connectivity index (χ2n) is 6.35. The molecule has 0 aromatic rings. The van der Waals surface area contributed by atoms with Gasteiger partial charge in [-0.2, -0.15) is 0 Å². The lowest BCUT2D eigenvalue weighted by molar-refractivity contribution is 0.0117. The number of nitrogens with zero attached hydrogens (tertiary/aromatic N) is 2. The van der Waals surface area contributed by atoms with E-state index in [1.54, 1.807) is 17.1 Å². The summed E-state index contributed by atoms with van der Waals surface area (Å²) in [4.78, 5) is 18.0. The lowest BCUT2D eigenvalue weighted by Crippen LogP contribution is -2.43. The summed E-state index contributed by atoms with van der Waals surface area (Å²) >= 11 is 5.93. The van der Waals surface area contributed by atoms with Crippen LogP contribution in [0.3, 0.4) is 0 Å². The van der Waals surface area contributed by atoms with Crippen molar-refractivity contribution in [2.75, 3.05) is 13.1 Å². The molecule has 23 heavy (non-hydrogen) atoms. The van der Waals surface area contributed by atoms with Crippen molar-refractivity contribution in [3.05, 3.63) is 23.4 Å². The van der Waals surface area contributed by atoms with Crippen LogP contribution in [-0.4, -0.2) is 41.7 Å². The van der Waals surface area contributed by atoms with Gasteiger partial charge < -0.3 is 14.4 Å². The van der Waals surface area contributed by atoms with Crippen molar-refractivity contribution >= 4 is 23.6 Å². The third-order valence-corrected chi connectivity index (χ3v) is 3.45. The molecular weight excluding hydrogens is 316 g/mol. The van der Waals surface area contributed by atoms with Gasteiger partial charge in [-0.1, -0.05) is 17.7 Å². The highest BCUT2D eigenvalue weighted by atomic mass is 35.5. The van der Waals surface area contributed by atoms with E-state index in [1.165, 1.54) is 0 Å². The molecular formula is C17H27ClN2O3. The minimum absolute atomic E-state index is 0.0185. The molecule has 1 saturated heterocycles. The van der Waals surface area contributed by atoms with Crippen LogP contribution in [-0.2, 0) is 9.47 Å². The minimum atomic E-state index is -0.473. The average molecular weight is 343 g/mol. The number of halogens is 1. The van der Waals surface area contributed by atoms with Gasteiger partial charge in [-0.3, -0.25) is 0 Å². The van der Waals surface area contributed by atoms with Crippen LogP contribution >= 0.6 is 11.6 Å². The summed E-state index contributed by atoms with van der Waals surface area (Å²) in [6.45, 7) is 10.5. The summed E-state index contributed by atoms with van der Waals surface area (Å²) in [7, 11) is 0. The molecule has 0 aliphatic carbocycles. The van der Waals surface area contributed by atoms with Crippen molar-refractivity contribution in [2.45, 2.75) is 59.2 Å². The van der Waals surface area contributed by atoms with Crippen LogP contribution in [0.5, 0.6) is 0 Å². The predicted molar refractivity (Wildman–Crippen MR) is 93.8 cm³/mol. The fourth-order valence-corrected chi connectivity index (χ4v) is 2.15. The number of allylic oxidation sites excluding steroid dienone is 2. The Hall–Kier alpha value is -1.49. The first-order valence-corrected chi connectivity index (χ1v) is 8.30. The molecule has 6 heteroatoms. The van der Waals surface area contributed by atoms with Gasteiger partial charge in [-0.05, 0) is 46.8 Å². The van der Waals surface area contributed by atoms with E-state index >= 15 is 0 Å². The smallest absolute Gasteiger partial charge is 0.410 e. The first-order chi connectivity index (χ1) is 10.7. The van der Waals surface area contributed by atoms with E-state index in [4.69, 9.17) is 21.1 Å². The molecule has 1 aliphatic heterocycles. The lowest BCUT2D eigenvalue weighted by Gasteiger charge is -2.33. The Kier molecular flexibility index (Phi) is 7.62. The zero-order valence-corrected chi connectivity index (χ0v) is 15.4. The number of hydrogen-bond acceptors (Lipinski definition) is 4. The lowest BCUT2D eigenvalue weighted by atomic mass is 10.1. The zero-order chi connectivity index (χ0) is 17.5. The molecule has 5 nitrogen and oxygen atoms in total. The average Bonchev–Trinajstić information content (AvgIpc) is 2.46. The predicted octanol–water partition coefficient (Wildman–Crippen LogP) is 4.48. The van der Waals surface area contributed by atoms with Gasteiger partial charge in [-0.15, -0.1) is 0 Å². The highest BCUT2D eigenvalue weighted by molar-refractivity contribution is 6.30. The van der Waals surface area contributed by atoms with E-state index in [9.17, 15) is 4.79 Å². The number of likely N-dealkylation sites (tertiary alicyclic amines) is 1. The summed E-state index contributed by atoms with van der Waals surface area (Å²) in [6.07, 6.45) is 6.58. The molecule has 0 N–H and O–H groups in total. The third-order valence-electron chi connectivity index (χ3n) is 3.15. The number of rotatable bonds is 3. The summed E-state index contributed by atoms with van der Waals surface area (Å²) in [6, 6.07) is 0. The Labute approximate surface area is 144 Å². The van der Waals surface area contributed by atoms with Crippen molar-refractivity contribution in [3.8, 4) is 0 Å². The second kappa shape index (κ2) is 8.96. The van der Waals surface area contributed by atoms with Crippen molar-refractivity contribution < 1.29 is 14.3 Å². The molecule has 1 amide bonds.